The molecule has 1 aromatic carbocycles. The minimum absolute atomic E-state index is 0.112. The van der Waals surface area contributed by atoms with Gasteiger partial charge in [-0.05, 0) is 31.3 Å². The van der Waals surface area contributed by atoms with E-state index in [4.69, 9.17) is 16.3 Å². The molecule has 0 aliphatic carbocycles. The van der Waals surface area contributed by atoms with Crippen LogP contribution in [0.2, 0.25) is 5.02 Å². The molecular formula is C14H21ClN2O3S. The van der Waals surface area contributed by atoms with Crippen LogP contribution in [0.25, 0.3) is 0 Å². The summed E-state index contributed by atoms with van der Waals surface area (Å²) in [5, 5.41) is 3.62. The normalized spacial score (nSPS) is 20.6. The van der Waals surface area contributed by atoms with Gasteiger partial charge in [-0.1, -0.05) is 11.6 Å². The van der Waals surface area contributed by atoms with Gasteiger partial charge in [-0.15, -0.1) is 0 Å². The fraction of sp³-hybridized carbons (Fsp3) is 0.571. The van der Waals surface area contributed by atoms with Crippen LogP contribution in [0.15, 0.2) is 29.2 Å². The molecule has 1 heterocycles. The molecule has 118 valence electrons. The van der Waals surface area contributed by atoms with Gasteiger partial charge in [0.05, 0.1) is 23.4 Å². The molecule has 1 fully saturated rings. The summed E-state index contributed by atoms with van der Waals surface area (Å²) in [5.74, 6) is 0.112. The molecule has 21 heavy (non-hydrogen) atoms. The Morgan fingerprint density at radius 2 is 2.10 bits per heavy atom. The zero-order valence-corrected chi connectivity index (χ0v) is 13.7. The van der Waals surface area contributed by atoms with Crippen LogP contribution in [-0.4, -0.2) is 65.0 Å². The molecule has 1 aliphatic rings. The summed E-state index contributed by atoms with van der Waals surface area (Å²) < 4.78 is 30.2. The van der Waals surface area contributed by atoms with Crippen LogP contribution < -0.4 is 5.32 Å². The van der Waals surface area contributed by atoms with Gasteiger partial charge in [0.1, 0.15) is 0 Å². The fourth-order valence-corrected chi connectivity index (χ4v) is 3.75. The van der Waals surface area contributed by atoms with Gasteiger partial charge in [0.2, 0.25) is 0 Å². The van der Waals surface area contributed by atoms with Crippen LogP contribution in [0.3, 0.4) is 0 Å². The van der Waals surface area contributed by atoms with Crippen molar-refractivity contribution in [2.24, 2.45) is 0 Å². The molecule has 2 rings (SSSR count). The van der Waals surface area contributed by atoms with Crippen molar-refractivity contribution in [3.05, 3.63) is 29.3 Å². The maximum absolute atomic E-state index is 12.3. The number of benzene rings is 1. The molecule has 0 saturated carbocycles. The van der Waals surface area contributed by atoms with Crippen molar-refractivity contribution in [1.29, 1.82) is 0 Å². The Morgan fingerprint density at radius 3 is 2.76 bits per heavy atom. The number of hydrogen-bond donors (Lipinski definition) is 1. The summed E-state index contributed by atoms with van der Waals surface area (Å²) in [4.78, 5) is 2.46. The van der Waals surface area contributed by atoms with Gasteiger partial charge in [0.25, 0.3) is 0 Å². The van der Waals surface area contributed by atoms with Crippen LogP contribution in [0.1, 0.15) is 0 Å². The van der Waals surface area contributed by atoms with Crippen LogP contribution in [-0.2, 0) is 14.6 Å². The summed E-state index contributed by atoms with van der Waals surface area (Å²) in [6.07, 6.45) is 0.127. The van der Waals surface area contributed by atoms with Gasteiger partial charge in [-0.2, -0.15) is 0 Å². The Morgan fingerprint density at radius 1 is 1.38 bits per heavy atom. The molecule has 5 nitrogen and oxygen atoms in total. The highest BCUT2D eigenvalue weighted by Gasteiger charge is 2.22. The second-order valence-corrected chi connectivity index (χ2v) is 7.67. The Labute approximate surface area is 131 Å². The maximum atomic E-state index is 12.3. The lowest BCUT2D eigenvalue weighted by Crippen LogP contribution is -2.47. The molecule has 1 unspecified atom stereocenters. The number of halogens is 1. The van der Waals surface area contributed by atoms with Crippen molar-refractivity contribution in [1.82, 2.24) is 10.2 Å². The second kappa shape index (κ2) is 7.56. The number of rotatable bonds is 6. The highest BCUT2D eigenvalue weighted by atomic mass is 35.5. The van der Waals surface area contributed by atoms with Gasteiger partial charge in [0, 0.05) is 31.2 Å². The van der Waals surface area contributed by atoms with E-state index in [1.54, 1.807) is 24.3 Å². The quantitative estimate of drug-likeness (QED) is 0.843. The minimum atomic E-state index is -3.26. The van der Waals surface area contributed by atoms with E-state index in [1.165, 1.54) is 0 Å². The molecule has 0 aromatic heterocycles. The predicted octanol–water partition coefficient (Wildman–Crippen LogP) is 1.03. The lowest BCUT2D eigenvalue weighted by molar-refractivity contribution is -0.0241. The molecule has 0 spiro atoms. The Hall–Kier alpha value is -0.660. The molecule has 0 amide bonds. The first kappa shape index (κ1) is 16.7. The SMILES string of the molecule is CNCC1CN(CCS(=O)(=O)c2ccc(Cl)cc2)CCO1. The third-order valence-corrected chi connectivity index (χ3v) is 5.47. The van der Waals surface area contributed by atoms with Gasteiger partial charge in [-0.3, -0.25) is 4.90 Å². The van der Waals surface area contributed by atoms with Crippen molar-refractivity contribution >= 4 is 21.4 Å². The largest absolute Gasteiger partial charge is 0.374 e. The highest BCUT2D eigenvalue weighted by molar-refractivity contribution is 7.91. The van der Waals surface area contributed by atoms with Gasteiger partial charge in [0.15, 0.2) is 9.84 Å². The monoisotopic (exact) mass is 332 g/mol. The Kier molecular flexibility index (Phi) is 6.01. The first-order valence-electron chi connectivity index (χ1n) is 6.98. The van der Waals surface area contributed by atoms with E-state index in [0.29, 0.717) is 23.1 Å². The minimum Gasteiger partial charge on any atom is -0.374 e. The van der Waals surface area contributed by atoms with E-state index in [1.807, 2.05) is 7.05 Å². The molecular weight excluding hydrogens is 312 g/mol. The summed E-state index contributed by atoms with van der Waals surface area (Å²) in [5.41, 5.74) is 0. The first-order chi connectivity index (χ1) is 10.0. The molecule has 7 heteroatoms. The van der Waals surface area contributed by atoms with Gasteiger partial charge >= 0.3 is 0 Å². The topological polar surface area (TPSA) is 58.6 Å². The fourth-order valence-electron chi connectivity index (χ4n) is 2.34. The smallest absolute Gasteiger partial charge is 0.179 e. The zero-order valence-electron chi connectivity index (χ0n) is 12.1. The molecule has 0 bridgehead atoms. The van der Waals surface area contributed by atoms with E-state index in [0.717, 1.165) is 19.6 Å². The average molecular weight is 333 g/mol. The van der Waals surface area contributed by atoms with E-state index in [9.17, 15) is 8.42 Å². The van der Waals surface area contributed by atoms with Crippen molar-refractivity contribution in [2.75, 3.05) is 45.6 Å². The molecule has 1 aliphatic heterocycles. The van der Waals surface area contributed by atoms with Gasteiger partial charge in [-0.25, -0.2) is 8.42 Å². The maximum Gasteiger partial charge on any atom is 0.179 e. The predicted molar refractivity (Wildman–Crippen MR) is 83.6 cm³/mol. The number of likely N-dealkylation sites (N-methyl/N-ethyl adjacent to an activating group) is 1. The summed E-state index contributed by atoms with van der Waals surface area (Å²) in [6.45, 7) is 3.48. The highest BCUT2D eigenvalue weighted by Crippen LogP contribution is 2.16. The van der Waals surface area contributed by atoms with Crippen molar-refractivity contribution in [2.45, 2.75) is 11.0 Å². The number of ether oxygens (including phenoxy) is 1. The summed E-state index contributed by atoms with van der Waals surface area (Å²) in [6, 6.07) is 6.32. The molecule has 1 atom stereocenters. The first-order valence-corrected chi connectivity index (χ1v) is 9.01. The lowest BCUT2D eigenvalue weighted by atomic mass is 10.2. The third kappa shape index (κ3) is 4.93. The number of nitrogens with one attached hydrogen (secondary N) is 1. The number of sulfone groups is 1. The van der Waals surface area contributed by atoms with E-state index in [-0.39, 0.29) is 11.9 Å². The van der Waals surface area contributed by atoms with Gasteiger partial charge < -0.3 is 10.1 Å². The standard InChI is InChI=1S/C14H21ClN2O3S/c1-16-10-13-11-17(6-8-20-13)7-9-21(18,19)14-4-2-12(15)3-5-14/h2-5,13,16H,6-11H2,1H3. The van der Waals surface area contributed by atoms with E-state index in [2.05, 4.69) is 10.2 Å². The van der Waals surface area contributed by atoms with Crippen LogP contribution in [0, 0.1) is 0 Å². The third-order valence-electron chi connectivity index (χ3n) is 3.50. The van der Waals surface area contributed by atoms with Crippen LogP contribution in [0.4, 0.5) is 0 Å². The Bertz CT molecular complexity index is 546. The van der Waals surface area contributed by atoms with E-state index < -0.39 is 9.84 Å². The molecule has 1 saturated heterocycles. The van der Waals surface area contributed by atoms with E-state index >= 15 is 0 Å². The average Bonchev–Trinajstić information content (AvgIpc) is 2.47. The Balaban J connectivity index is 1.91. The zero-order chi connectivity index (χ0) is 15.3. The summed E-state index contributed by atoms with van der Waals surface area (Å²) in [7, 11) is -1.38. The van der Waals surface area contributed by atoms with Crippen LogP contribution in [0.5, 0.6) is 0 Å². The van der Waals surface area contributed by atoms with Crippen molar-refractivity contribution < 1.29 is 13.2 Å². The number of morpholine rings is 1. The van der Waals surface area contributed by atoms with Crippen LogP contribution >= 0.6 is 11.6 Å². The lowest BCUT2D eigenvalue weighted by Gasteiger charge is -2.32. The summed E-state index contributed by atoms with van der Waals surface area (Å²) >= 11 is 5.78. The van der Waals surface area contributed by atoms with Crippen molar-refractivity contribution in [3.63, 3.8) is 0 Å². The van der Waals surface area contributed by atoms with Crippen molar-refractivity contribution in [3.8, 4) is 0 Å². The number of nitrogens with zero attached hydrogens (tertiary/aromatic N) is 1. The molecule has 1 N–H and O–H groups in total. The number of hydrogen-bond acceptors (Lipinski definition) is 5. The molecule has 0 radical (unpaired) electrons. The molecule has 1 aromatic rings. The second-order valence-electron chi connectivity index (χ2n) is 5.12.